The maximum Gasteiger partial charge on any atom is 0.234 e. The first-order chi connectivity index (χ1) is 14.5. The van der Waals surface area contributed by atoms with E-state index in [4.69, 9.17) is 15.2 Å². The van der Waals surface area contributed by atoms with Crippen molar-refractivity contribution in [3.05, 3.63) is 53.6 Å². The number of ether oxygens (including phenoxy) is 2. The highest BCUT2D eigenvalue weighted by molar-refractivity contribution is 5.91. The van der Waals surface area contributed by atoms with Gasteiger partial charge in [-0.25, -0.2) is 0 Å². The minimum Gasteiger partial charge on any atom is -0.493 e. The minimum absolute atomic E-state index is 0.0832. The molecule has 1 aliphatic heterocycles. The first-order valence-electron chi connectivity index (χ1n) is 10.1. The molecule has 0 aromatic heterocycles. The first kappa shape index (κ1) is 21.6. The molecular formula is C23H29N3O4. The van der Waals surface area contributed by atoms with Crippen LogP contribution >= 0.6 is 0 Å². The smallest absolute Gasteiger partial charge is 0.234 e. The fourth-order valence-corrected chi connectivity index (χ4v) is 3.95. The summed E-state index contributed by atoms with van der Waals surface area (Å²) in [7, 11) is 3.18. The van der Waals surface area contributed by atoms with E-state index in [-0.39, 0.29) is 17.9 Å². The molecule has 0 spiro atoms. The number of methoxy groups -OCH3 is 2. The van der Waals surface area contributed by atoms with Crippen LogP contribution in [0.15, 0.2) is 42.5 Å². The molecule has 2 aromatic carbocycles. The van der Waals surface area contributed by atoms with Gasteiger partial charge in [-0.15, -0.1) is 0 Å². The van der Waals surface area contributed by atoms with Crippen LogP contribution in [0.5, 0.6) is 11.5 Å². The predicted octanol–water partition coefficient (Wildman–Crippen LogP) is 2.72. The fraction of sp³-hybridized carbons (Fsp3) is 0.391. The summed E-state index contributed by atoms with van der Waals surface area (Å²) in [6, 6.07) is 13.1. The third-order valence-corrected chi connectivity index (χ3v) is 5.46. The number of para-hydroxylation sites is 2. The molecule has 30 heavy (non-hydrogen) atoms. The molecule has 1 unspecified atom stereocenters. The number of hydrogen-bond donors (Lipinski definition) is 2. The predicted molar refractivity (Wildman–Crippen MR) is 116 cm³/mol. The molecule has 1 atom stereocenters. The second-order valence-corrected chi connectivity index (χ2v) is 7.39. The lowest BCUT2D eigenvalue weighted by Crippen LogP contribution is -2.39. The Hall–Kier alpha value is -3.06. The lowest BCUT2D eigenvalue weighted by molar-refractivity contribution is -0.122. The van der Waals surface area contributed by atoms with E-state index in [1.807, 2.05) is 42.5 Å². The number of nitrogens with one attached hydrogen (secondary N) is 1. The SMILES string of the molecule is COc1cccc(CCC(=O)Nc2ccccc2CN2CCCC2C(N)=O)c1OC. The zero-order valence-electron chi connectivity index (χ0n) is 17.5. The van der Waals surface area contributed by atoms with Gasteiger partial charge in [0, 0.05) is 18.7 Å². The molecule has 7 nitrogen and oxygen atoms in total. The average molecular weight is 412 g/mol. The average Bonchev–Trinajstić information content (AvgIpc) is 3.21. The van der Waals surface area contributed by atoms with Gasteiger partial charge in [-0.1, -0.05) is 30.3 Å². The summed E-state index contributed by atoms with van der Waals surface area (Å²) in [4.78, 5) is 26.4. The van der Waals surface area contributed by atoms with Gasteiger partial charge in [0.2, 0.25) is 11.8 Å². The molecule has 1 fully saturated rings. The number of nitrogens with two attached hydrogens (primary N) is 1. The molecule has 160 valence electrons. The molecule has 1 heterocycles. The Morgan fingerprint density at radius 1 is 1.10 bits per heavy atom. The number of carbonyl (C=O) groups is 2. The Morgan fingerprint density at radius 3 is 2.60 bits per heavy atom. The van der Waals surface area contributed by atoms with E-state index in [1.165, 1.54) is 0 Å². The summed E-state index contributed by atoms with van der Waals surface area (Å²) in [5, 5.41) is 3.01. The fourth-order valence-electron chi connectivity index (χ4n) is 3.95. The monoisotopic (exact) mass is 411 g/mol. The molecule has 3 rings (SSSR count). The van der Waals surface area contributed by atoms with Gasteiger partial charge in [0.15, 0.2) is 11.5 Å². The summed E-state index contributed by atoms with van der Waals surface area (Å²) >= 11 is 0. The maximum atomic E-state index is 12.6. The van der Waals surface area contributed by atoms with Crippen molar-refractivity contribution < 1.29 is 19.1 Å². The Morgan fingerprint density at radius 2 is 1.87 bits per heavy atom. The van der Waals surface area contributed by atoms with Crippen LogP contribution in [0.4, 0.5) is 5.69 Å². The van der Waals surface area contributed by atoms with Gasteiger partial charge in [0.05, 0.1) is 20.3 Å². The number of rotatable bonds is 9. The van der Waals surface area contributed by atoms with E-state index in [0.717, 1.165) is 36.2 Å². The molecule has 3 N–H and O–H groups in total. The lowest BCUT2D eigenvalue weighted by atomic mass is 10.1. The molecule has 0 bridgehead atoms. The maximum absolute atomic E-state index is 12.6. The van der Waals surface area contributed by atoms with Crippen LogP contribution in [0.1, 0.15) is 30.4 Å². The quantitative estimate of drug-likeness (QED) is 0.662. The van der Waals surface area contributed by atoms with Gasteiger partial charge in [-0.05, 0) is 49.1 Å². The summed E-state index contributed by atoms with van der Waals surface area (Å²) in [5.41, 5.74) is 8.18. The van der Waals surface area contributed by atoms with Crippen molar-refractivity contribution in [2.75, 3.05) is 26.1 Å². The van der Waals surface area contributed by atoms with E-state index >= 15 is 0 Å². The zero-order valence-corrected chi connectivity index (χ0v) is 17.5. The van der Waals surface area contributed by atoms with Crippen molar-refractivity contribution >= 4 is 17.5 Å². The molecule has 1 aliphatic rings. The van der Waals surface area contributed by atoms with Crippen molar-refractivity contribution in [2.24, 2.45) is 5.73 Å². The largest absolute Gasteiger partial charge is 0.493 e. The second-order valence-electron chi connectivity index (χ2n) is 7.39. The van der Waals surface area contributed by atoms with Crippen LogP contribution in [-0.4, -0.2) is 43.5 Å². The van der Waals surface area contributed by atoms with Crippen molar-refractivity contribution in [2.45, 2.75) is 38.3 Å². The molecule has 0 saturated carbocycles. The molecule has 7 heteroatoms. The number of carbonyl (C=O) groups excluding carboxylic acids is 2. The van der Waals surface area contributed by atoms with Crippen molar-refractivity contribution in [3.8, 4) is 11.5 Å². The van der Waals surface area contributed by atoms with Crippen LogP contribution in [0.2, 0.25) is 0 Å². The highest BCUT2D eigenvalue weighted by Gasteiger charge is 2.29. The molecule has 0 aliphatic carbocycles. The van der Waals surface area contributed by atoms with Crippen molar-refractivity contribution in [1.82, 2.24) is 4.90 Å². The van der Waals surface area contributed by atoms with Gasteiger partial charge < -0.3 is 20.5 Å². The Balaban J connectivity index is 1.65. The Labute approximate surface area is 177 Å². The van der Waals surface area contributed by atoms with Crippen LogP contribution in [-0.2, 0) is 22.6 Å². The Bertz CT molecular complexity index is 900. The molecular weight excluding hydrogens is 382 g/mol. The van der Waals surface area contributed by atoms with Gasteiger partial charge in [0.1, 0.15) is 0 Å². The second kappa shape index (κ2) is 10.1. The highest BCUT2D eigenvalue weighted by Crippen LogP contribution is 2.31. The van der Waals surface area contributed by atoms with E-state index in [1.54, 1.807) is 14.2 Å². The molecule has 0 radical (unpaired) electrons. The summed E-state index contributed by atoms with van der Waals surface area (Å²) in [6.45, 7) is 1.40. The first-order valence-corrected chi connectivity index (χ1v) is 10.1. The van der Waals surface area contributed by atoms with E-state index < -0.39 is 0 Å². The third kappa shape index (κ3) is 5.10. The summed E-state index contributed by atoms with van der Waals surface area (Å²) in [5.74, 6) is 0.927. The number of likely N-dealkylation sites (tertiary alicyclic amines) is 1. The Kier molecular flexibility index (Phi) is 7.30. The number of benzene rings is 2. The lowest BCUT2D eigenvalue weighted by Gasteiger charge is -2.23. The molecule has 2 amide bonds. The van der Waals surface area contributed by atoms with Gasteiger partial charge >= 0.3 is 0 Å². The number of primary amides is 1. The minimum atomic E-state index is -0.291. The third-order valence-electron chi connectivity index (χ3n) is 5.46. The summed E-state index contributed by atoms with van der Waals surface area (Å²) < 4.78 is 10.8. The number of anilines is 1. The number of nitrogens with zero attached hydrogens (tertiary/aromatic N) is 1. The van der Waals surface area contributed by atoms with Gasteiger partial charge in [0.25, 0.3) is 0 Å². The number of amides is 2. The van der Waals surface area contributed by atoms with E-state index in [2.05, 4.69) is 10.2 Å². The van der Waals surface area contributed by atoms with E-state index in [0.29, 0.717) is 30.9 Å². The van der Waals surface area contributed by atoms with Gasteiger partial charge in [-0.3, -0.25) is 14.5 Å². The topological polar surface area (TPSA) is 93.9 Å². The number of hydrogen-bond acceptors (Lipinski definition) is 5. The normalized spacial score (nSPS) is 16.3. The number of aryl methyl sites for hydroxylation is 1. The van der Waals surface area contributed by atoms with Crippen LogP contribution in [0.25, 0.3) is 0 Å². The standard InChI is InChI=1S/C23H29N3O4/c1-29-20-11-5-8-16(22(20)30-2)12-13-21(27)25-18-9-4-3-7-17(18)15-26-14-6-10-19(26)23(24)28/h3-5,7-9,11,19H,6,10,12-15H2,1-2H3,(H2,24,28)(H,25,27). The molecule has 1 saturated heterocycles. The van der Waals surface area contributed by atoms with Crippen LogP contribution < -0.4 is 20.5 Å². The van der Waals surface area contributed by atoms with Crippen LogP contribution in [0.3, 0.4) is 0 Å². The zero-order chi connectivity index (χ0) is 21.5. The van der Waals surface area contributed by atoms with Crippen molar-refractivity contribution in [1.29, 1.82) is 0 Å². The summed E-state index contributed by atoms with van der Waals surface area (Å²) in [6.07, 6.45) is 2.58. The molecule has 2 aromatic rings. The van der Waals surface area contributed by atoms with Gasteiger partial charge in [-0.2, -0.15) is 0 Å². The van der Waals surface area contributed by atoms with Crippen LogP contribution in [0, 0.1) is 0 Å². The van der Waals surface area contributed by atoms with E-state index in [9.17, 15) is 9.59 Å². The van der Waals surface area contributed by atoms with Crippen molar-refractivity contribution in [3.63, 3.8) is 0 Å². The highest BCUT2D eigenvalue weighted by atomic mass is 16.5.